The number of carbonyl (C=O) groups is 3. The highest BCUT2D eigenvalue weighted by Crippen LogP contribution is 2.53. The van der Waals surface area contributed by atoms with Gasteiger partial charge >= 0.3 is 0 Å². The third-order valence-corrected chi connectivity index (χ3v) is 9.72. The average Bonchev–Trinajstić information content (AvgIpc) is 3.36. The van der Waals surface area contributed by atoms with Gasteiger partial charge < -0.3 is 24.5 Å². The number of aliphatic hydroxyl groups is 1. The zero-order chi connectivity index (χ0) is 30.2. The molecule has 0 radical (unpaired) electrons. The van der Waals surface area contributed by atoms with Crippen molar-refractivity contribution < 1.29 is 32.6 Å². The predicted octanol–water partition coefficient (Wildman–Crippen LogP) is 1.77. The Balaban J connectivity index is 1.71. The summed E-state index contributed by atoms with van der Waals surface area (Å²) < 4.78 is 33.3. The number of anilines is 1. The molecule has 11 nitrogen and oxygen atoms in total. The molecule has 1 spiro atoms. The molecule has 0 bridgehead atoms. The first kappa shape index (κ1) is 29.6. The minimum Gasteiger partial charge on any atom is -0.507 e. The van der Waals surface area contributed by atoms with Gasteiger partial charge in [-0.05, 0) is 45.3 Å². The number of ketones is 1. The molecule has 2 fully saturated rings. The molecule has 1 unspecified atom stereocenters. The fourth-order valence-corrected chi connectivity index (χ4v) is 7.36. The predicted molar refractivity (Wildman–Crippen MR) is 156 cm³/mol. The van der Waals surface area contributed by atoms with Crippen LogP contribution in [0.25, 0.3) is 5.76 Å². The number of aliphatic hydroxyl groups excluding tert-OH is 1. The Hall–Kier alpha value is -3.84. The Morgan fingerprint density at radius 3 is 2.50 bits per heavy atom. The van der Waals surface area contributed by atoms with E-state index in [9.17, 15) is 27.9 Å². The molecule has 3 heterocycles. The van der Waals surface area contributed by atoms with E-state index < -0.39 is 38.9 Å². The lowest BCUT2D eigenvalue weighted by molar-refractivity contribution is -0.143. The standard InChI is InChI=1S/C30H34N4O7S/c1-4-13-33-24-12-6-5-11-23(24)30(29(33)38)25(27(36)28(37)34(30)15-8-14-31(2)3)26(35)21-9-7-10-22(20-21)42(39,40)32-16-18-41-19-17-32/h4-7,9-12,20,35H,1,8,13-19H2,2-3H3. The summed E-state index contributed by atoms with van der Waals surface area (Å²) in [5.74, 6) is -3.10. The van der Waals surface area contributed by atoms with Crippen LogP contribution in [0.4, 0.5) is 5.69 Å². The van der Waals surface area contributed by atoms with Crippen molar-refractivity contribution in [3.05, 3.63) is 77.9 Å². The number of sulfonamides is 1. The minimum absolute atomic E-state index is 0.00227. The second-order valence-electron chi connectivity index (χ2n) is 10.6. The molecule has 0 saturated carbocycles. The van der Waals surface area contributed by atoms with E-state index >= 15 is 0 Å². The van der Waals surface area contributed by atoms with E-state index in [1.165, 1.54) is 38.4 Å². The van der Waals surface area contributed by atoms with Gasteiger partial charge in [0.25, 0.3) is 17.6 Å². The molecule has 5 rings (SSSR count). The number of hydrogen-bond donors (Lipinski definition) is 1. The normalized spacial score (nSPS) is 22.4. The van der Waals surface area contributed by atoms with Crippen molar-refractivity contribution in [2.45, 2.75) is 16.9 Å². The van der Waals surface area contributed by atoms with Crippen LogP contribution in [-0.4, -0.2) is 105 Å². The van der Waals surface area contributed by atoms with E-state index in [2.05, 4.69) is 6.58 Å². The molecule has 2 amide bonds. The van der Waals surface area contributed by atoms with E-state index in [0.717, 1.165) is 0 Å². The Morgan fingerprint density at radius 1 is 1.10 bits per heavy atom. The van der Waals surface area contributed by atoms with Crippen LogP contribution < -0.4 is 4.90 Å². The zero-order valence-corrected chi connectivity index (χ0v) is 24.5. The van der Waals surface area contributed by atoms with Crippen LogP contribution >= 0.6 is 0 Å². The van der Waals surface area contributed by atoms with Crippen molar-refractivity contribution in [2.24, 2.45) is 0 Å². The fraction of sp³-hybridized carbons (Fsp3) is 0.367. The Morgan fingerprint density at radius 2 is 1.81 bits per heavy atom. The lowest BCUT2D eigenvalue weighted by Crippen LogP contribution is -2.52. The highest BCUT2D eigenvalue weighted by molar-refractivity contribution is 7.89. The number of morpholine rings is 1. The number of nitrogens with zero attached hydrogens (tertiary/aromatic N) is 4. The molecule has 2 saturated heterocycles. The van der Waals surface area contributed by atoms with Gasteiger partial charge in [-0.15, -0.1) is 6.58 Å². The summed E-state index contributed by atoms with van der Waals surface area (Å²) in [6, 6.07) is 12.4. The minimum atomic E-state index is -3.93. The molecule has 1 atom stereocenters. The summed E-state index contributed by atoms with van der Waals surface area (Å²) in [5.41, 5.74) is -1.43. The van der Waals surface area contributed by atoms with E-state index in [-0.39, 0.29) is 55.4 Å². The number of ether oxygens (including phenoxy) is 1. The van der Waals surface area contributed by atoms with Crippen molar-refractivity contribution in [3.8, 4) is 0 Å². The first-order valence-electron chi connectivity index (χ1n) is 13.7. The number of rotatable bonds is 9. The first-order valence-corrected chi connectivity index (χ1v) is 15.2. The molecule has 3 aliphatic rings. The van der Waals surface area contributed by atoms with Gasteiger partial charge in [-0.3, -0.25) is 14.4 Å². The number of benzene rings is 2. The third-order valence-electron chi connectivity index (χ3n) is 7.82. The van der Waals surface area contributed by atoms with Crippen molar-refractivity contribution in [3.63, 3.8) is 0 Å². The topological polar surface area (TPSA) is 128 Å². The number of amides is 2. The zero-order valence-electron chi connectivity index (χ0n) is 23.7. The molecule has 12 heteroatoms. The third kappa shape index (κ3) is 4.64. The number of Topliss-reactive ketones (excluding diaryl/α,β-unsaturated/α-hetero) is 1. The molecule has 2 aromatic carbocycles. The van der Waals surface area contributed by atoms with Gasteiger partial charge in [0, 0.05) is 37.3 Å². The Bertz CT molecular complexity index is 1580. The number of fused-ring (bicyclic) bond motifs is 2. The SMILES string of the molecule is C=CCN1C(=O)C2(C(=C(O)c3cccc(S(=O)(=O)N4CCOCC4)c3)C(=O)C(=O)N2CCCN(C)C)c2ccccc21. The molecule has 0 aliphatic carbocycles. The van der Waals surface area contributed by atoms with Gasteiger partial charge in [-0.25, -0.2) is 8.42 Å². The van der Waals surface area contributed by atoms with E-state index in [1.807, 2.05) is 19.0 Å². The largest absolute Gasteiger partial charge is 0.507 e. The van der Waals surface area contributed by atoms with E-state index in [0.29, 0.717) is 24.2 Å². The van der Waals surface area contributed by atoms with Crippen LogP contribution in [0.2, 0.25) is 0 Å². The molecule has 3 aliphatic heterocycles. The molecule has 42 heavy (non-hydrogen) atoms. The summed E-state index contributed by atoms with van der Waals surface area (Å²) in [5, 5.41) is 11.8. The van der Waals surface area contributed by atoms with Crippen molar-refractivity contribution in [2.75, 3.05) is 64.9 Å². The number of para-hydroxylation sites is 1. The van der Waals surface area contributed by atoms with Gasteiger partial charge in [-0.2, -0.15) is 4.31 Å². The maximum absolute atomic E-state index is 14.4. The quantitative estimate of drug-likeness (QED) is 0.201. The average molecular weight is 595 g/mol. The summed E-state index contributed by atoms with van der Waals surface area (Å²) in [6.45, 7) is 5.44. The van der Waals surface area contributed by atoms with Crippen molar-refractivity contribution >= 4 is 39.1 Å². The van der Waals surface area contributed by atoms with Gasteiger partial charge in [0.15, 0.2) is 5.54 Å². The van der Waals surface area contributed by atoms with Crippen LogP contribution in [0, 0.1) is 0 Å². The van der Waals surface area contributed by atoms with E-state index in [4.69, 9.17) is 4.74 Å². The van der Waals surface area contributed by atoms with Crippen molar-refractivity contribution in [1.82, 2.24) is 14.1 Å². The fourth-order valence-electron chi connectivity index (χ4n) is 5.91. The lowest BCUT2D eigenvalue weighted by Gasteiger charge is -2.34. The molecular formula is C30H34N4O7S. The molecule has 222 valence electrons. The Labute approximate surface area is 245 Å². The van der Waals surface area contributed by atoms with Crippen LogP contribution in [0.3, 0.4) is 0 Å². The number of likely N-dealkylation sites (tertiary alicyclic amines) is 1. The summed E-state index contributed by atoms with van der Waals surface area (Å²) in [6.07, 6.45) is 2.01. The van der Waals surface area contributed by atoms with Crippen molar-refractivity contribution in [1.29, 1.82) is 0 Å². The van der Waals surface area contributed by atoms with Crippen LogP contribution in [0.1, 0.15) is 17.5 Å². The molecule has 2 aromatic rings. The van der Waals surface area contributed by atoms with Crippen LogP contribution in [0.15, 0.2) is 71.7 Å². The molecular weight excluding hydrogens is 560 g/mol. The highest BCUT2D eigenvalue weighted by Gasteiger charge is 2.66. The van der Waals surface area contributed by atoms with Gasteiger partial charge in [-0.1, -0.05) is 36.4 Å². The molecule has 0 aromatic heterocycles. The Kier molecular flexibility index (Phi) is 8.08. The maximum Gasteiger partial charge on any atom is 0.296 e. The highest BCUT2D eigenvalue weighted by atomic mass is 32.2. The summed E-state index contributed by atoms with van der Waals surface area (Å²) >= 11 is 0. The van der Waals surface area contributed by atoms with E-state index in [1.54, 1.807) is 30.3 Å². The second-order valence-corrected chi connectivity index (χ2v) is 12.6. The monoisotopic (exact) mass is 594 g/mol. The van der Waals surface area contributed by atoms with Crippen LogP contribution in [0.5, 0.6) is 0 Å². The maximum atomic E-state index is 14.4. The van der Waals surface area contributed by atoms with Gasteiger partial charge in [0.05, 0.1) is 29.4 Å². The summed E-state index contributed by atoms with van der Waals surface area (Å²) in [4.78, 5) is 46.4. The summed E-state index contributed by atoms with van der Waals surface area (Å²) in [7, 11) is -0.176. The number of carbonyl (C=O) groups excluding carboxylic acids is 3. The van der Waals surface area contributed by atoms with Crippen LogP contribution in [-0.2, 0) is 34.7 Å². The smallest absolute Gasteiger partial charge is 0.296 e. The van der Waals surface area contributed by atoms with Gasteiger partial charge in [0.2, 0.25) is 10.0 Å². The lowest BCUT2D eigenvalue weighted by atomic mass is 9.82. The van der Waals surface area contributed by atoms with Gasteiger partial charge in [0.1, 0.15) is 5.76 Å². The number of hydrogen-bond acceptors (Lipinski definition) is 8. The molecule has 1 N–H and O–H groups in total. The second kappa shape index (κ2) is 11.4. The first-order chi connectivity index (χ1) is 20.1.